The number of carbonyl (C=O) groups is 1. The number of esters is 1. The van der Waals surface area contributed by atoms with Crippen molar-refractivity contribution in [1.29, 1.82) is 0 Å². The third kappa shape index (κ3) is 3.80. The maximum absolute atomic E-state index is 13.6. The van der Waals surface area contributed by atoms with Gasteiger partial charge in [0.2, 0.25) is 0 Å². The van der Waals surface area contributed by atoms with Crippen molar-refractivity contribution in [3.05, 3.63) is 35.1 Å². The predicted molar refractivity (Wildman–Crippen MR) is 60.8 cm³/mol. The van der Waals surface area contributed by atoms with Gasteiger partial charge in [0.05, 0.1) is 25.7 Å². The lowest BCUT2D eigenvalue weighted by Gasteiger charge is -2.10. The first-order valence-corrected chi connectivity index (χ1v) is 5.38. The minimum absolute atomic E-state index is 0.0272. The quantitative estimate of drug-likeness (QED) is 0.752. The molecule has 0 bridgehead atoms. The molecule has 94 valence electrons. The van der Waals surface area contributed by atoms with Gasteiger partial charge in [-0.15, -0.1) is 0 Å². The fourth-order valence-electron chi connectivity index (χ4n) is 1.46. The summed E-state index contributed by atoms with van der Waals surface area (Å²) in [5.74, 6) is -0.917. The number of hydrogen-bond donors (Lipinski definition) is 2. The second-order valence-electron chi connectivity index (χ2n) is 3.63. The van der Waals surface area contributed by atoms with Gasteiger partial charge in [0.15, 0.2) is 0 Å². The number of aliphatic hydroxyl groups excluding tert-OH is 1. The van der Waals surface area contributed by atoms with Crippen LogP contribution in [0.25, 0.3) is 0 Å². The van der Waals surface area contributed by atoms with Crippen molar-refractivity contribution in [2.75, 3.05) is 13.2 Å². The first-order chi connectivity index (χ1) is 8.08. The van der Waals surface area contributed by atoms with Crippen molar-refractivity contribution in [2.45, 2.75) is 19.4 Å². The molecule has 0 amide bonds. The summed E-state index contributed by atoms with van der Waals surface area (Å²) in [6.45, 7) is 1.69. The van der Waals surface area contributed by atoms with Crippen LogP contribution in [0, 0.1) is 5.82 Å². The molecule has 0 heterocycles. The summed E-state index contributed by atoms with van der Waals surface area (Å²) in [5.41, 5.74) is 6.27. The maximum Gasteiger partial charge on any atom is 0.310 e. The smallest absolute Gasteiger partial charge is 0.310 e. The molecule has 4 nitrogen and oxygen atoms in total. The minimum Gasteiger partial charge on any atom is -0.466 e. The van der Waals surface area contributed by atoms with Crippen LogP contribution in [0.5, 0.6) is 0 Å². The van der Waals surface area contributed by atoms with E-state index in [1.807, 2.05) is 0 Å². The topological polar surface area (TPSA) is 72.5 Å². The first-order valence-electron chi connectivity index (χ1n) is 5.38. The fourth-order valence-corrected chi connectivity index (χ4v) is 1.46. The molecular weight excluding hydrogens is 225 g/mol. The summed E-state index contributed by atoms with van der Waals surface area (Å²) in [7, 11) is 0. The number of nitrogens with two attached hydrogens (primary N) is 1. The standard InChI is InChI=1S/C12H16FNO3/c1-2-17-12(16)6-8-3-4-9(10(13)5-8)11(14)7-15/h3-5,11,15H,2,6-7,14H2,1H3/t11-/m1/s1. The Hall–Kier alpha value is -1.46. The van der Waals surface area contributed by atoms with Crippen LogP contribution in [0.15, 0.2) is 18.2 Å². The Bertz CT molecular complexity index is 395. The fraction of sp³-hybridized carbons (Fsp3) is 0.417. The van der Waals surface area contributed by atoms with Crippen LogP contribution in [0.3, 0.4) is 0 Å². The zero-order valence-electron chi connectivity index (χ0n) is 9.65. The number of benzene rings is 1. The molecule has 1 rings (SSSR count). The molecule has 0 aliphatic heterocycles. The van der Waals surface area contributed by atoms with E-state index in [9.17, 15) is 9.18 Å². The molecule has 5 heteroatoms. The molecule has 0 spiro atoms. The van der Waals surface area contributed by atoms with Gasteiger partial charge in [-0.05, 0) is 18.6 Å². The molecular formula is C12H16FNO3. The lowest BCUT2D eigenvalue weighted by atomic mass is 10.0. The molecule has 0 aromatic heterocycles. The average Bonchev–Trinajstić information content (AvgIpc) is 2.28. The van der Waals surface area contributed by atoms with Crippen molar-refractivity contribution in [2.24, 2.45) is 5.73 Å². The highest BCUT2D eigenvalue weighted by Crippen LogP contribution is 2.16. The molecule has 0 unspecified atom stereocenters. The van der Waals surface area contributed by atoms with Crippen LogP contribution in [0.4, 0.5) is 4.39 Å². The second kappa shape index (κ2) is 6.32. The van der Waals surface area contributed by atoms with E-state index in [0.717, 1.165) is 0 Å². The summed E-state index contributed by atoms with van der Waals surface area (Å²) < 4.78 is 18.3. The maximum atomic E-state index is 13.6. The number of ether oxygens (including phenoxy) is 1. The van der Waals surface area contributed by atoms with E-state index in [-0.39, 0.29) is 18.6 Å². The van der Waals surface area contributed by atoms with Crippen molar-refractivity contribution >= 4 is 5.97 Å². The summed E-state index contributed by atoms with van der Waals surface area (Å²) in [5, 5.41) is 8.83. The van der Waals surface area contributed by atoms with Gasteiger partial charge in [-0.1, -0.05) is 12.1 Å². The van der Waals surface area contributed by atoms with Gasteiger partial charge in [-0.2, -0.15) is 0 Å². The number of hydrogen-bond acceptors (Lipinski definition) is 4. The van der Waals surface area contributed by atoms with Crippen LogP contribution in [-0.2, 0) is 16.0 Å². The summed E-state index contributed by atoms with van der Waals surface area (Å²) in [4.78, 5) is 11.2. The number of rotatable bonds is 5. The van der Waals surface area contributed by atoms with Gasteiger partial charge in [-0.3, -0.25) is 4.79 Å². The van der Waals surface area contributed by atoms with Crippen molar-refractivity contribution in [3.8, 4) is 0 Å². The van der Waals surface area contributed by atoms with Gasteiger partial charge < -0.3 is 15.6 Å². The monoisotopic (exact) mass is 241 g/mol. The number of halogens is 1. The predicted octanol–water partition coefficient (Wildman–Crippen LogP) is 0.923. The molecule has 0 aliphatic carbocycles. The summed E-state index contributed by atoms with van der Waals surface area (Å²) in [6.07, 6.45) is 0.0272. The lowest BCUT2D eigenvalue weighted by molar-refractivity contribution is -0.142. The van der Waals surface area contributed by atoms with E-state index in [2.05, 4.69) is 0 Å². The van der Waals surface area contributed by atoms with Gasteiger partial charge in [-0.25, -0.2) is 4.39 Å². The first kappa shape index (κ1) is 13.6. The third-order valence-electron chi connectivity index (χ3n) is 2.31. The summed E-state index contributed by atoms with van der Waals surface area (Å²) >= 11 is 0. The molecule has 0 radical (unpaired) electrons. The van der Waals surface area contributed by atoms with E-state index < -0.39 is 17.8 Å². The van der Waals surface area contributed by atoms with Crippen molar-refractivity contribution in [1.82, 2.24) is 0 Å². The van der Waals surface area contributed by atoms with Crippen LogP contribution < -0.4 is 5.73 Å². The highest BCUT2D eigenvalue weighted by molar-refractivity contribution is 5.72. The third-order valence-corrected chi connectivity index (χ3v) is 2.31. The zero-order valence-corrected chi connectivity index (χ0v) is 9.65. The Labute approximate surface area is 99.2 Å². The Balaban J connectivity index is 2.78. The normalized spacial score (nSPS) is 12.2. The minimum atomic E-state index is -0.744. The Kier molecular flexibility index (Phi) is 5.06. The molecule has 0 aliphatic rings. The van der Waals surface area contributed by atoms with Gasteiger partial charge in [0.25, 0.3) is 0 Å². The van der Waals surface area contributed by atoms with Gasteiger partial charge in [0, 0.05) is 5.56 Å². The van der Waals surface area contributed by atoms with E-state index >= 15 is 0 Å². The summed E-state index contributed by atoms with van der Waals surface area (Å²) in [6, 6.07) is 3.57. The highest BCUT2D eigenvalue weighted by atomic mass is 19.1. The molecule has 0 fully saturated rings. The molecule has 3 N–H and O–H groups in total. The van der Waals surface area contributed by atoms with E-state index in [1.165, 1.54) is 12.1 Å². The largest absolute Gasteiger partial charge is 0.466 e. The SMILES string of the molecule is CCOC(=O)Cc1ccc([C@H](N)CO)c(F)c1. The van der Waals surface area contributed by atoms with Crippen LogP contribution in [0.2, 0.25) is 0 Å². The van der Waals surface area contributed by atoms with E-state index in [1.54, 1.807) is 13.0 Å². The molecule has 1 aromatic carbocycles. The number of aliphatic hydroxyl groups is 1. The Morgan fingerprint density at radius 3 is 2.82 bits per heavy atom. The molecule has 17 heavy (non-hydrogen) atoms. The molecule has 0 saturated carbocycles. The van der Waals surface area contributed by atoms with Crippen LogP contribution in [-0.4, -0.2) is 24.3 Å². The lowest BCUT2D eigenvalue weighted by Crippen LogP contribution is -2.16. The Morgan fingerprint density at radius 2 is 2.29 bits per heavy atom. The molecule has 1 aromatic rings. The van der Waals surface area contributed by atoms with E-state index in [4.69, 9.17) is 15.6 Å². The highest BCUT2D eigenvalue weighted by Gasteiger charge is 2.12. The second-order valence-corrected chi connectivity index (χ2v) is 3.63. The molecule has 0 saturated heterocycles. The zero-order chi connectivity index (χ0) is 12.8. The van der Waals surface area contributed by atoms with Crippen LogP contribution >= 0.6 is 0 Å². The van der Waals surface area contributed by atoms with Crippen LogP contribution in [0.1, 0.15) is 24.1 Å². The average molecular weight is 241 g/mol. The van der Waals surface area contributed by atoms with E-state index in [0.29, 0.717) is 12.2 Å². The Morgan fingerprint density at radius 1 is 1.59 bits per heavy atom. The molecule has 1 atom stereocenters. The van der Waals surface area contributed by atoms with Gasteiger partial charge >= 0.3 is 5.97 Å². The van der Waals surface area contributed by atoms with Gasteiger partial charge in [0.1, 0.15) is 5.82 Å². The van der Waals surface area contributed by atoms with Crippen molar-refractivity contribution < 1.29 is 19.0 Å². The number of carbonyl (C=O) groups excluding carboxylic acids is 1. The van der Waals surface area contributed by atoms with Crippen molar-refractivity contribution in [3.63, 3.8) is 0 Å².